The van der Waals surface area contributed by atoms with Gasteiger partial charge in [-0.25, -0.2) is 0 Å². The van der Waals surface area contributed by atoms with Crippen molar-refractivity contribution in [2.24, 2.45) is 0 Å². The van der Waals surface area contributed by atoms with E-state index in [9.17, 15) is 9.59 Å². The van der Waals surface area contributed by atoms with E-state index in [1.807, 2.05) is 45.9 Å². The van der Waals surface area contributed by atoms with Gasteiger partial charge in [-0.1, -0.05) is 24.6 Å². The van der Waals surface area contributed by atoms with Crippen LogP contribution in [0.25, 0.3) is 0 Å². The van der Waals surface area contributed by atoms with Crippen LogP contribution in [0.15, 0.2) is 42.5 Å². The number of amides is 2. The zero-order valence-corrected chi connectivity index (χ0v) is 16.2. The monoisotopic (exact) mass is 370 g/mol. The molecule has 0 aliphatic heterocycles. The van der Waals surface area contributed by atoms with E-state index in [0.29, 0.717) is 17.1 Å². The molecule has 2 amide bonds. The number of ether oxygens (including phenoxy) is 2. The van der Waals surface area contributed by atoms with E-state index in [1.165, 1.54) is 0 Å². The van der Waals surface area contributed by atoms with Gasteiger partial charge in [0, 0.05) is 5.56 Å². The smallest absolute Gasteiger partial charge is 0.276 e. The predicted molar refractivity (Wildman–Crippen MR) is 104 cm³/mol. The molecule has 0 spiro atoms. The summed E-state index contributed by atoms with van der Waals surface area (Å²) in [6.07, 6.45) is 1.01. The average Bonchev–Trinajstić information content (AvgIpc) is 2.65. The van der Waals surface area contributed by atoms with Crippen molar-refractivity contribution in [3.05, 3.63) is 59.2 Å². The van der Waals surface area contributed by atoms with Crippen molar-refractivity contribution in [2.45, 2.75) is 40.2 Å². The van der Waals surface area contributed by atoms with Gasteiger partial charge in [-0.05, 0) is 63.1 Å². The molecule has 2 rings (SSSR count). The summed E-state index contributed by atoms with van der Waals surface area (Å²) in [4.78, 5) is 24.0. The maximum Gasteiger partial charge on any atom is 0.276 e. The lowest BCUT2D eigenvalue weighted by atomic mass is 10.1. The van der Waals surface area contributed by atoms with Gasteiger partial charge in [-0.2, -0.15) is 0 Å². The van der Waals surface area contributed by atoms with Crippen molar-refractivity contribution in [1.29, 1.82) is 0 Å². The largest absolute Gasteiger partial charge is 0.491 e. The van der Waals surface area contributed by atoms with Crippen LogP contribution in [-0.2, 0) is 4.79 Å². The van der Waals surface area contributed by atoms with Crippen LogP contribution in [0, 0.1) is 13.8 Å². The number of benzene rings is 2. The number of hydrogen-bond donors (Lipinski definition) is 2. The fourth-order valence-corrected chi connectivity index (χ4v) is 2.34. The third kappa shape index (κ3) is 6.33. The molecule has 0 radical (unpaired) electrons. The Balaban J connectivity index is 1.79. The van der Waals surface area contributed by atoms with Crippen LogP contribution in [-0.4, -0.2) is 24.5 Å². The molecular weight excluding hydrogens is 344 g/mol. The molecule has 0 fully saturated rings. The van der Waals surface area contributed by atoms with Gasteiger partial charge in [0.15, 0.2) is 6.61 Å². The molecule has 2 aromatic carbocycles. The number of aryl methyl sites for hydroxylation is 2. The Labute approximate surface area is 159 Å². The van der Waals surface area contributed by atoms with E-state index in [2.05, 4.69) is 10.9 Å². The summed E-state index contributed by atoms with van der Waals surface area (Å²) in [5.41, 5.74) is 7.21. The summed E-state index contributed by atoms with van der Waals surface area (Å²) in [6, 6.07) is 12.5. The highest BCUT2D eigenvalue weighted by Gasteiger charge is 2.09. The number of hydrogen-bond acceptors (Lipinski definition) is 4. The molecule has 0 heterocycles. The summed E-state index contributed by atoms with van der Waals surface area (Å²) in [5, 5.41) is 0. The average molecular weight is 370 g/mol. The first kappa shape index (κ1) is 20.3. The molecule has 6 nitrogen and oxygen atoms in total. The summed E-state index contributed by atoms with van der Waals surface area (Å²) < 4.78 is 11.1. The third-order valence-corrected chi connectivity index (χ3v) is 4.03. The van der Waals surface area contributed by atoms with Crippen LogP contribution >= 0.6 is 0 Å². The number of nitrogens with one attached hydrogen (secondary N) is 2. The number of carbonyl (C=O) groups excluding carboxylic acids is 2. The van der Waals surface area contributed by atoms with Gasteiger partial charge in [0.2, 0.25) is 0 Å². The van der Waals surface area contributed by atoms with Crippen LogP contribution in [0.3, 0.4) is 0 Å². The standard InChI is InChI=1S/C21H26N2O4/c1-5-16(4)27-18-9-7-17(8-10-18)21(25)23-22-20(24)13-26-19-11-6-14(2)12-15(19)3/h6-12,16H,5,13H2,1-4H3,(H,22,24)(H,23,25). The highest BCUT2D eigenvalue weighted by molar-refractivity contribution is 5.95. The maximum absolute atomic E-state index is 12.1. The van der Waals surface area contributed by atoms with Gasteiger partial charge in [-0.15, -0.1) is 0 Å². The van der Waals surface area contributed by atoms with E-state index >= 15 is 0 Å². The summed E-state index contributed by atoms with van der Waals surface area (Å²) in [6.45, 7) is 7.74. The Hall–Kier alpha value is -3.02. The van der Waals surface area contributed by atoms with E-state index in [0.717, 1.165) is 17.5 Å². The third-order valence-electron chi connectivity index (χ3n) is 4.03. The maximum atomic E-state index is 12.1. The van der Waals surface area contributed by atoms with Crippen LogP contribution in [0.2, 0.25) is 0 Å². The summed E-state index contributed by atoms with van der Waals surface area (Å²) in [7, 11) is 0. The van der Waals surface area contributed by atoms with Gasteiger partial charge in [-0.3, -0.25) is 20.4 Å². The first-order valence-electron chi connectivity index (χ1n) is 8.95. The van der Waals surface area contributed by atoms with Crippen molar-refractivity contribution in [3.8, 4) is 11.5 Å². The van der Waals surface area contributed by atoms with Crippen LogP contribution in [0.1, 0.15) is 41.8 Å². The molecule has 2 N–H and O–H groups in total. The second-order valence-corrected chi connectivity index (χ2v) is 6.42. The molecule has 144 valence electrons. The molecule has 27 heavy (non-hydrogen) atoms. The molecule has 0 saturated carbocycles. The molecule has 0 saturated heterocycles. The van der Waals surface area contributed by atoms with Crippen molar-refractivity contribution in [1.82, 2.24) is 10.9 Å². The van der Waals surface area contributed by atoms with Gasteiger partial charge in [0.25, 0.3) is 11.8 Å². The van der Waals surface area contributed by atoms with Crippen molar-refractivity contribution >= 4 is 11.8 Å². The van der Waals surface area contributed by atoms with Crippen LogP contribution in [0.5, 0.6) is 11.5 Å². The van der Waals surface area contributed by atoms with E-state index < -0.39 is 11.8 Å². The van der Waals surface area contributed by atoms with Crippen molar-refractivity contribution < 1.29 is 19.1 Å². The molecule has 0 aliphatic carbocycles. The Morgan fingerprint density at radius 3 is 2.37 bits per heavy atom. The molecular formula is C21H26N2O4. The zero-order valence-electron chi connectivity index (χ0n) is 16.2. The first-order valence-corrected chi connectivity index (χ1v) is 8.95. The first-order chi connectivity index (χ1) is 12.9. The minimum Gasteiger partial charge on any atom is -0.491 e. The highest BCUT2D eigenvalue weighted by Crippen LogP contribution is 2.18. The topological polar surface area (TPSA) is 76.7 Å². The van der Waals surface area contributed by atoms with Crippen molar-refractivity contribution in [3.63, 3.8) is 0 Å². The van der Waals surface area contributed by atoms with Crippen LogP contribution in [0.4, 0.5) is 0 Å². The lowest BCUT2D eigenvalue weighted by Crippen LogP contribution is -2.43. The second-order valence-electron chi connectivity index (χ2n) is 6.42. The van der Waals surface area contributed by atoms with Gasteiger partial charge >= 0.3 is 0 Å². The molecule has 6 heteroatoms. The number of rotatable bonds is 7. The Morgan fingerprint density at radius 1 is 1.04 bits per heavy atom. The molecule has 0 aliphatic rings. The lowest BCUT2D eigenvalue weighted by Gasteiger charge is -2.13. The zero-order chi connectivity index (χ0) is 19.8. The summed E-state index contributed by atoms with van der Waals surface area (Å²) in [5.74, 6) is 0.482. The Bertz CT molecular complexity index is 787. The van der Waals surface area contributed by atoms with Gasteiger partial charge in [0.05, 0.1) is 6.10 Å². The van der Waals surface area contributed by atoms with E-state index in [-0.39, 0.29) is 12.7 Å². The molecule has 0 aromatic heterocycles. The predicted octanol–water partition coefficient (Wildman–Crippen LogP) is 3.32. The Morgan fingerprint density at radius 2 is 1.74 bits per heavy atom. The van der Waals surface area contributed by atoms with E-state index in [4.69, 9.17) is 9.47 Å². The molecule has 1 unspecified atom stereocenters. The lowest BCUT2D eigenvalue weighted by molar-refractivity contribution is -0.123. The quantitative estimate of drug-likeness (QED) is 0.733. The van der Waals surface area contributed by atoms with Gasteiger partial charge in [0.1, 0.15) is 11.5 Å². The van der Waals surface area contributed by atoms with E-state index in [1.54, 1.807) is 24.3 Å². The normalized spacial score (nSPS) is 11.4. The molecule has 0 bridgehead atoms. The summed E-state index contributed by atoms with van der Waals surface area (Å²) >= 11 is 0. The van der Waals surface area contributed by atoms with Gasteiger partial charge < -0.3 is 9.47 Å². The SMILES string of the molecule is CCC(C)Oc1ccc(C(=O)NNC(=O)COc2ccc(C)cc2C)cc1. The molecule has 1 atom stereocenters. The highest BCUT2D eigenvalue weighted by atomic mass is 16.5. The number of carbonyl (C=O) groups is 2. The fraction of sp³-hybridized carbons (Fsp3) is 0.333. The number of hydrazine groups is 1. The molecule has 2 aromatic rings. The van der Waals surface area contributed by atoms with Crippen molar-refractivity contribution in [2.75, 3.05) is 6.61 Å². The minimum absolute atomic E-state index is 0.112. The minimum atomic E-state index is -0.444. The van der Waals surface area contributed by atoms with Crippen LogP contribution < -0.4 is 20.3 Å². The Kier molecular flexibility index (Phi) is 7.23. The second kappa shape index (κ2) is 9.62. The fourth-order valence-electron chi connectivity index (χ4n) is 2.34.